The fourth-order valence-corrected chi connectivity index (χ4v) is 3.21. The summed E-state index contributed by atoms with van der Waals surface area (Å²) in [5, 5.41) is 1.81. The van der Waals surface area contributed by atoms with E-state index in [1.54, 1.807) is 47.9 Å². The van der Waals surface area contributed by atoms with Crippen LogP contribution in [0.5, 0.6) is 11.5 Å². The highest BCUT2D eigenvalue weighted by Gasteiger charge is 2.27. The number of hydrogen-bond donors (Lipinski definition) is 0. The van der Waals surface area contributed by atoms with E-state index in [2.05, 4.69) is 0 Å². The SMILES string of the molecule is O=C(Oc1ccc2c(c1)O/C(=C/C=C/c1ccccc1)C2=O)c1cccs1. The molecule has 0 bridgehead atoms. The Morgan fingerprint density at radius 1 is 1.04 bits per heavy atom. The van der Waals surface area contributed by atoms with Gasteiger partial charge in [0.2, 0.25) is 5.78 Å². The second-order valence-corrected chi connectivity index (χ2v) is 6.70. The molecule has 1 aliphatic heterocycles. The fraction of sp³-hybridized carbons (Fsp3) is 0. The predicted octanol–water partition coefficient (Wildman–Crippen LogP) is 5.14. The summed E-state index contributed by atoms with van der Waals surface area (Å²) < 4.78 is 11.0. The zero-order valence-electron chi connectivity index (χ0n) is 14.1. The molecular weight excluding hydrogens is 360 g/mol. The molecule has 1 aliphatic rings. The monoisotopic (exact) mass is 374 g/mol. The van der Waals surface area contributed by atoms with Crippen LogP contribution in [0.15, 0.2) is 84.0 Å². The quantitative estimate of drug-likeness (QED) is 0.360. The number of Topliss-reactive ketones (excluding diaryl/α,β-unsaturated/α-hetero) is 1. The summed E-state index contributed by atoms with van der Waals surface area (Å²) in [4.78, 5) is 25.0. The minimum atomic E-state index is -0.434. The maximum absolute atomic E-state index is 12.4. The van der Waals surface area contributed by atoms with Crippen molar-refractivity contribution in [2.24, 2.45) is 0 Å². The molecule has 0 amide bonds. The van der Waals surface area contributed by atoms with Crippen molar-refractivity contribution < 1.29 is 19.1 Å². The number of benzene rings is 2. The second kappa shape index (κ2) is 7.43. The largest absolute Gasteiger partial charge is 0.452 e. The van der Waals surface area contributed by atoms with Gasteiger partial charge in [-0.2, -0.15) is 0 Å². The molecule has 0 aliphatic carbocycles. The van der Waals surface area contributed by atoms with Crippen LogP contribution in [-0.2, 0) is 0 Å². The van der Waals surface area contributed by atoms with Crippen LogP contribution in [0.25, 0.3) is 6.08 Å². The number of ether oxygens (including phenoxy) is 2. The third-order valence-electron chi connectivity index (χ3n) is 3.91. The van der Waals surface area contributed by atoms with Crippen LogP contribution in [0.4, 0.5) is 0 Å². The van der Waals surface area contributed by atoms with Crippen LogP contribution in [0.3, 0.4) is 0 Å². The van der Waals surface area contributed by atoms with Crippen molar-refractivity contribution in [2.75, 3.05) is 0 Å². The molecule has 5 heteroatoms. The topological polar surface area (TPSA) is 52.6 Å². The van der Waals surface area contributed by atoms with Gasteiger partial charge in [-0.3, -0.25) is 4.79 Å². The summed E-state index contributed by atoms with van der Waals surface area (Å²) in [5.74, 6) is 0.325. The third kappa shape index (κ3) is 3.73. The van der Waals surface area contributed by atoms with Gasteiger partial charge in [0, 0.05) is 6.07 Å². The van der Waals surface area contributed by atoms with E-state index in [0.29, 0.717) is 21.9 Å². The molecule has 0 atom stereocenters. The predicted molar refractivity (Wildman–Crippen MR) is 104 cm³/mol. The molecule has 3 aromatic rings. The van der Waals surface area contributed by atoms with E-state index in [0.717, 1.165) is 5.56 Å². The molecular formula is C22H14O4S. The maximum atomic E-state index is 12.4. The van der Waals surface area contributed by atoms with Crippen LogP contribution < -0.4 is 9.47 Å². The van der Waals surface area contributed by atoms with E-state index < -0.39 is 5.97 Å². The van der Waals surface area contributed by atoms with Gasteiger partial charge in [0.15, 0.2) is 5.76 Å². The molecule has 0 unspecified atom stereocenters. The smallest absolute Gasteiger partial charge is 0.353 e. The molecule has 132 valence electrons. The van der Waals surface area contributed by atoms with Crippen molar-refractivity contribution >= 4 is 29.2 Å². The third-order valence-corrected chi connectivity index (χ3v) is 4.76. The summed E-state index contributed by atoms with van der Waals surface area (Å²) in [6, 6.07) is 18.0. The average Bonchev–Trinajstić information content (AvgIpc) is 3.32. The first-order valence-electron chi connectivity index (χ1n) is 8.26. The summed E-state index contributed by atoms with van der Waals surface area (Å²) in [5.41, 5.74) is 1.48. The molecule has 0 saturated carbocycles. The molecule has 0 N–H and O–H groups in total. The van der Waals surface area contributed by atoms with Crippen molar-refractivity contribution in [3.63, 3.8) is 0 Å². The fourth-order valence-electron chi connectivity index (χ4n) is 2.61. The minimum Gasteiger partial charge on any atom is -0.452 e. The van der Waals surface area contributed by atoms with Crippen LogP contribution in [0.1, 0.15) is 25.6 Å². The van der Waals surface area contributed by atoms with Crippen LogP contribution in [-0.4, -0.2) is 11.8 Å². The minimum absolute atomic E-state index is 0.196. The van der Waals surface area contributed by atoms with E-state index in [4.69, 9.17) is 9.47 Å². The lowest BCUT2D eigenvalue weighted by molar-refractivity contribution is 0.0739. The Bertz CT molecular complexity index is 1050. The molecule has 0 saturated heterocycles. The number of hydrogen-bond acceptors (Lipinski definition) is 5. The molecule has 4 nitrogen and oxygen atoms in total. The first-order valence-corrected chi connectivity index (χ1v) is 9.14. The summed E-state index contributed by atoms with van der Waals surface area (Å²) in [6.07, 6.45) is 5.29. The van der Waals surface area contributed by atoms with E-state index in [1.165, 1.54) is 11.3 Å². The van der Waals surface area contributed by atoms with Crippen molar-refractivity contribution in [3.05, 3.63) is 100.0 Å². The number of esters is 1. The Kier molecular flexibility index (Phi) is 4.68. The van der Waals surface area contributed by atoms with Gasteiger partial charge >= 0.3 is 5.97 Å². The zero-order valence-corrected chi connectivity index (χ0v) is 14.9. The normalized spacial score (nSPS) is 14.4. The number of allylic oxidation sites excluding steroid dienone is 3. The molecule has 4 rings (SSSR count). The number of rotatable bonds is 4. The van der Waals surface area contributed by atoms with Crippen molar-refractivity contribution in [3.8, 4) is 11.5 Å². The number of ketones is 1. The van der Waals surface area contributed by atoms with Crippen molar-refractivity contribution in [2.45, 2.75) is 0 Å². The van der Waals surface area contributed by atoms with Gasteiger partial charge < -0.3 is 9.47 Å². The van der Waals surface area contributed by atoms with Crippen LogP contribution in [0.2, 0.25) is 0 Å². The van der Waals surface area contributed by atoms with Gasteiger partial charge in [-0.05, 0) is 35.2 Å². The molecule has 2 heterocycles. The molecule has 2 aromatic carbocycles. The first-order chi connectivity index (χ1) is 13.2. The average molecular weight is 374 g/mol. The van der Waals surface area contributed by atoms with Gasteiger partial charge in [0.1, 0.15) is 16.4 Å². The van der Waals surface area contributed by atoms with E-state index >= 15 is 0 Å². The van der Waals surface area contributed by atoms with Gasteiger partial charge in [-0.1, -0.05) is 48.6 Å². The Morgan fingerprint density at radius 2 is 1.89 bits per heavy atom. The Labute approximate surface area is 160 Å². The Balaban J connectivity index is 1.49. The molecule has 27 heavy (non-hydrogen) atoms. The highest BCUT2D eigenvalue weighted by atomic mass is 32.1. The summed E-state index contributed by atoms with van der Waals surface area (Å²) in [7, 11) is 0. The molecule has 0 radical (unpaired) electrons. The number of thiophene rings is 1. The standard InChI is InChI=1S/C22H14O4S/c23-21-17-12-11-16(25-22(24)20-10-5-13-27-20)14-19(17)26-18(21)9-4-8-15-6-2-1-3-7-15/h1-14H/b8-4+,18-9+. The van der Waals surface area contributed by atoms with E-state index in [9.17, 15) is 9.59 Å². The highest BCUT2D eigenvalue weighted by Crippen LogP contribution is 2.34. The maximum Gasteiger partial charge on any atom is 0.353 e. The Morgan fingerprint density at radius 3 is 2.67 bits per heavy atom. The van der Waals surface area contributed by atoms with Gasteiger partial charge in [-0.25, -0.2) is 4.79 Å². The van der Waals surface area contributed by atoms with Gasteiger partial charge in [0.25, 0.3) is 0 Å². The highest BCUT2D eigenvalue weighted by molar-refractivity contribution is 7.12. The summed E-state index contributed by atoms with van der Waals surface area (Å²) in [6.45, 7) is 0. The molecule has 0 spiro atoms. The van der Waals surface area contributed by atoms with Gasteiger partial charge in [-0.15, -0.1) is 11.3 Å². The number of fused-ring (bicyclic) bond motifs is 1. The van der Waals surface area contributed by atoms with E-state index in [1.807, 2.05) is 36.4 Å². The lowest BCUT2D eigenvalue weighted by Gasteiger charge is -2.04. The molecule has 1 aromatic heterocycles. The first kappa shape index (κ1) is 17.0. The number of carbonyl (C=O) groups excluding carboxylic acids is 2. The zero-order chi connectivity index (χ0) is 18.6. The van der Waals surface area contributed by atoms with Gasteiger partial charge in [0.05, 0.1) is 5.56 Å². The van der Waals surface area contributed by atoms with Crippen molar-refractivity contribution in [1.29, 1.82) is 0 Å². The Hall–Kier alpha value is -3.44. The summed E-state index contributed by atoms with van der Waals surface area (Å²) >= 11 is 1.31. The van der Waals surface area contributed by atoms with Crippen LogP contribution in [0, 0.1) is 0 Å². The van der Waals surface area contributed by atoms with Crippen LogP contribution >= 0.6 is 11.3 Å². The lowest BCUT2D eigenvalue weighted by Crippen LogP contribution is -2.06. The van der Waals surface area contributed by atoms with Crippen molar-refractivity contribution in [1.82, 2.24) is 0 Å². The second-order valence-electron chi connectivity index (χ2n) is 5.76. The number of carbonyl (C=O) groups is 2. The molecule has 0 fully saturated rings. The van der Waals surface area contributed by atoms with E-state index in [-0.39, 0.29) is 11.5 Å². The lowest BCUT2D eigenvalue weighted by atomic mass is 10.1.